The number of halogens is 3. The second-order valence-electron chi connectivity index (χ2n) is 6.22. The van der Waals surface area contributed by atoms with Crippen molar-refractivity contribution >= 4 is 10.0 Å². The van der Waals surface area contributed by atoms with Gasteiger partial charge in [0.15, 0.2) is 6.19 Å². The lowest BCUT2D eigenvalue weighted by atomic mass is 10.0. The second-order valence-corrected chi connectivity index (χ2v) is 8.19. The molecule has 0 heterocycles. The Morgan fingerprint density at radius 1 is 0.933 bits per heavy atom. The Bertz CT molecular complexity index is 1180. The summed E-state index contributed by atoms with van der Waals surface area (Å²) in [6, 6.07) is 17.0. The predicted octanol–water partition coefficient (Wildman–Crippen LogP) is 5.27. The summed E-state index contributed by atoms with van der Waals surface area (Å²) >= 11 is 0. The van der Waals surface area contributed by atoms with Crippen molar-refractivity contribution in [1.29, 1.82) is 5.26 Å². The summed E-state index contributed by atoms with van der Waals surface area (Å²) in [5, 5.41) is 8.82. The van der Waals surface area contributed by atoms with Crippen molar-refractivity contribution in [3.8, 4) is 28.8 Å². The van der Waals surface area contributed by atoms with Gasteiger partial charge in [-0.25, -0.2) is 12.7 Å². The van der Waals surface area contributed by atoms with Crippen LogP contribution in [0.2, 0.25) is 0 Å². The molecule has 9 heteroatoms. The van der Waals surface area contributed by atoms with Gasteiger partial charge in [-0.3, -0.25) is 0 Å². The van der Waals surface area contributed by atoms with Gasteiger partial charge in [0, 0.05) is 12.6 Å². The van der Waals surface area contributed by atoms with Crippen LogP contribution >= 0.6 is 0 Å². The van der Waals surface area contributed by atoms with Crippen LogP contribution in [-0.4, -0.2) is 19.8 Å². The monoisotopic (exact) mass is 432 g/mol. The van der Waals surface area contributed by atoms with Crippen molar-refractivity contribution in [3.63, 3.8) is 0 Å². The first-order valence-corrected chi connectivity index (χ1v) is 10.00. The molecule has 0 spiro atoms. The van der Waals surface area contributed by atoms with Gasteiger partial charge >= 0.3 is 6.18 Å². The molecule has 0 saturated heterocycles. The minimum absolute atomic E-state index is 0.0450. The lowest BCUT2D eigenvalue weighted by Gasteiger charge is -2.14. The Hall–Kier alpha value is -3.51. The molecule has 0 aromatic heterocycles. The summed E-state index contributed by atoms with van der Waals surface area (Å²) in [5.74, 6) is 0.618. The van der Waals surface area contributed by atoms with E-state index in [2.05, 4.69) is 0 Å². The maximum absolute atomic E-state index is 12.7. The number of ether oxygens (including phenoxy) is 1. The fourth-order valence-corrected chi connectivity index (χ4v) is 3.56. The van der Waals surface area contributed by atoms with Crippen molar-refractivity contribution in [1.82, 2.24) is 4.31 Å². The Labute approximate surface area is 171 Å². The summed E-state index contributed by atoms with van der Waals surface area (Å²) in [5.41, 5.74) is 0.480. The van der Waals surface area contributed by atoms with Crippen LogP contribution in [0.5, 0.6) is 11.5 Å². The summed E-state index contributed by atoms with van der Waals surface area (Å²) in [7, 11) is -2.76. The number of sulfonamides is 1. The smallest absolute Gasteiger partial charge is 0.416 e. The number of alkyl halides is 3. The highest BCUT2D eigenvalue weighted by atomic mass is 32.2. The third-order valence-electron chi connectivity index (χ3n) is 4.26. The van der Waals surface area contributed by atoms with E-state index in [9.17, 15) is 21.6 Å². The molecule has 0 aliphatic heterocycles. The van der Waals surface area contributed by atoms with Gasteiger partial charge in [0.25, 0.3) is 10.0 Å². The first-order chi connectivity index (χ1) is 14.1. The summed E-state index contributed by atoms with van der Waals surface area (Å²) < 4.78 is 68.9. The van der Waals surface area contributed by atoms with Crippen LogP contribution in [0.3, 0.4) is 0 Å². The number of nitrogens with zero attached hydrogens (tertiary/aromatic N) is 2. The third kappa shape index (κ3) is 4.39. The molecule has 5 nitrogen and oxygen atoms in total. The fraction of sp³-hybridized carbons (Fsp3) is 0.0952. The maximum atomic E-state index is 12.7. The molecule has 0 atom stereocenters. The van der Waals surface area contributed by atoms with Gasteiger partial charge in [0.05, 0.1) is 10.5 Å². The van der Waals surface area contributed by atoms with Crippen LogP contribution in [0, 0.1) is 11.5 Å². The van der Waals surface area contributed by atoms with Gasteiger partial charge in [-0.15, -0.1) is 0 Å². The van der Waals surface area contributed by atoms with Gasteiger partial charge in [-0.1, -0.05) is 30.3 Å². The molecule has 3 aromatic rings. The zero-order chi connectivity index (χ0) is 21.9. The highest BCUT2D eigenvalue weighted by molar-refractivity contribution is 7.89. The van der Waals surface area contributed by atoms with E-state index in [1.165, 1.54) is 24.3 Å². The lowest BCUT2D eigenvalue weighted by molar-refractivity contribution is -0.137. The van der Waals surface area contributed by atoms with Crippen molar-refractivity contribution in [3.05, 3.63) is 78.4 Å². The average Bonchev–Trinajstić information content (AvgIpc) is 2.73. The standard InChI is InChI=1S/C21H15F3N2O3S/c1-26(14-25)30(27,28)18-12-6-15(7-13-18)19-4-2-3-5-20(19)29-17-10-8-16(9-11-17)21(22,23)24/h2-13H,1H3. The van der Waals surface area contributed by atoms with Crippen molar-refractivity contribution < 1.29 is 26.3 Å². The fourth-order valence-electron chi connectivity index (χ4n) is 2.65. The van der Waals surface area contributed by atoms with E-state index >= 15 is 0 Å². The molecule has 30 heavy (non-hydrogen) atoms. The molecule has 154 valence electrons. The average molecular weight is 432 g/mol. The largest absolute Gasteiger partial charge is 0.457 e. The van der Waals surface area contributed by atoms with Gasteiger partial charge in [-0.2, -0.15) is 18.4 Å². The van der Waals surface area contributed by atoms with E-state index in [0.717, 1.165) is 19.2 Å². The molecule has 0 radical (unpaired) electrons. The first-order valence-electron chi connectivity index (χ1n) is 8.56. The van der Waals surface area contributed by atoms with E-state index in [0.29, 0.717) is 21.2 Å². The number of nitriles is 1. The first kappa shape index (κ1) is 21.2. The van der Waals surface area contributed by atoms with Crippen LogP contribution < -0.4 is 4.74 Å². The number of benzene rings is 3. The van der Waals surface area contributed by atoms with Crippen LogP contribution in [0.4, 0.5) is 13.2 Å². The zero-order valence-corrected chi connectivity index (χ0v) is 16.4. The Kier molecular flexibility index (Phi) is 5.71. The van der Waals surface area contributed by atoms with E-state index in [1.54, 1.807) is 42.6 Å². The SMILES string of the molecule is CN(C#N)S(=O)(=O)c1ccc(-c2ccccc2Oc2ccc(C(F)(F)F)cc2)cc1. The van der Waals surface area contributed by atoms with Crippen LogP contribution in [0.1, 0.15) is 5.56 Å². The minimum Gasteiger partial charge on any atom is -0.457 e. The summed E-state index contributed by atoms with van der Waals surface area (Å²) in [6.07, 6.45) is -2.88. The molecule has 0 unspecified atom stereocenters. The van der Waals surface area contributed by atoms with Gasteiger partial charge < -0.3 is 4.74 Å². The topological polar surface area (TPSA) is 70.4 Å². The molecule has 0 aliphatic carbocycles. The minimum atomic E-state index is -4.43. The number of hydrogen-bond donors (Lipinski definition) is 0. The molecular weight excluding hydrogens is 417 g/mol. The Morgan fingerprint density at radius 3 is 2.10 bits per heavy atom. The molecule has 0 aliphatic rings. The van der Waals surface area contributed by atoms with Crippen LogP contribution in [-0.2, 0) is 16.2 Å². The number of rotatable bonds is 5. The van der Waals surface area contributed by atoms with Gasteiger partial charge in [-0.05, 0) is 48.0 Å². The normalized spacial score (nSPS) is 11.6. The lowest BCUT2D eigenvalue weighted by Crippen LogP contribution is -2.21. The number of para-hydroxylation sites is 1. The Morgan fingerprint density at radius 2 is 1.53 bits per heavy atom. The van der Waals surface area contributed by atoms with E-state index in [1.807, 2.05) is 0 Å². The van der Waals surface area contributed by atoms with Crippen LogP contribution in [0.15, 0.2) is 77.7 Å². The molecule has 3 rings (SSSR count). The van der Waals surface area contributed by atoms with E-state index < -0.39 is 21.8 Å². The summed E-state index contributed by atoms with van der Waals surface area (Å²) in [4.78, 5) is -0.0450. The third-order valence-corrected chi connectivity index (χ3v) is 5.93. The molecule has 0 amide bonds. The summed E-state index contributed by atoms with van der Waals surface area (Å²) in [6.45, 7) is 0. The number of hydrogen-bond acceptors (Lipinski definition) is 4. The van der Waals surface area contributed by atoms with E-state index in [4.69, 9.17) is 10.00 Å². The quantitative estimate of drug-likeness (QED) is 0.407. The molecule has 0 fully saturated rings. The van der Waals surface area contributed by atoms with Gasteiger partial charge in [0.2, 0.25) is 0 Å². The predicted molar refractivity (Wildman–Crippen MR) is 104 cm³/mol. The Balaban J connectivity index is 1.90. The molecule has 0 bridgehead atoms. The highest BCUT2D eigenvalue weighted by Gasteiger charge is 2.30. The van der Waals surface area contributed by atoms with Crippen molar-refractivity contribution in [2.24, 2.45) is 0 Å². The van der Waals surface area contributed by atoms with Crippen LogP contribution in [0.25, 0.3) is 11.1 Å². The zero-order valence-electron chi connectivity index (χ0n) is 15.6. The molecule has 3 aromatic carbocycles. The van der Waals surface area contributed by atoms with Crippen molar-refractivity contribution in [2.75, 3.05) is 7.05 Å². The molecular formula is C21H15F3N2O3S. The molecule has 0 N–H and O–H groups in total. The highest BCUT2D eigenvalue weighted by Crippen LogP contribution is 2.35. The van der Waals surface area contributed by atoms with Crippen molar-refractivity contribution in [2.45, 2.75) is 11.1 Å². The molecule has 0 saturated carbocycles. The second kappa shape index (κ2) is 8.08. The van der Waals surface area contributed by atoms with E-state index in [-0.39, 0.29) is 10.6 Å². The van der Waals surface area contributed by atoms with Gasteiger partial charge in [0.1, 0.15) is 11.5 Å². The maximum Gasteiger partial charge on any atom is 0.416 e.